The molecule has 0 aromatic heterocycles. The monoisotopic (exact) mass is 486 g/mol. The molecule has 4 aliphatic rings. The Morgan fingerprint density at radius 1 is 0.667 bits per heavy atom. The number of hydrogen-bond donors (Lipinski definition) is 2. The third-order valence-electron chi connectivity index (χ3n) is 7.85. The van der Waals surface area contributed by atoms with Crippen LogP contribution in [0.5, 0.6) is 0 Å². The van der Waals surface area contributed by atoms with Gasteiger partial charge in [0.25, 0.3) is 0 Å². The quantitative estimate of drug-likeness (QED) is 0.645. The molecule has 0 spiro atoms. The summed E-state index contributed by atoms with van der Waals surface area (Å²) in [4.78, 5) is 27.3. The van der Waals surface area contributed by atoms with Gasteiger partial charge in [-0.15, -0.1) is 0 Å². The molecule has 2 aromatic carbocycles. The van der Waals surface area contributed by atoms with Crippen molar-refractivity contribution in [2.24, 2.45) is 0 Å². The molecule has 0 radical (unpaired) electrons. The summed E-state index contributed by atoms with van der Waals surface area (Å²) in [7, 11) is 0. The lowest BCUT2D eigenvalue weighted by atomic mass is 9.75. The van der Waals surface area contributed by atoms with Gasteiger partial charge in [-0.2, -0.15) is 0 Å². The van der Waals surface area contributed by atoms with Crippen LogP contribution in [-0.4, -0.2) is 33.0 Å². The Morgan fingerprint density at radius 2 is 1.03 bits per heavy atom. The summed E-state index contributed by atoms with van der Waals surface area (Å²) in [5.74, 6) is -3.66. The van der Waals surface area contributed by atoms with Gasteiger partial charge in [-0.1, -0.05) is 48.5 Å². The number of ether oxygens (including phenoxy) is 2. The Morgan fingerprint density at radius 3 is 1.42 bits per heavy atom. The first kappa shape index (κ1) is 23.5. The first-order chi connectivity index (χ1) is 16.9. The molecule has 2 atom stereocenters. The number of carbonyl (C=O) groups is 2. The number of hydrogen-bond acceptors (Lipinski definition) is 6. The van der Waals surface area contributed by atoms with E-state index >= 15 is 0 Å². The molecule has 6 rings (SSSR count). The molecule has 0 saturated carbocycles. The highest BCUT2D eigenvalue weighted by Gasteiger charge is 2.56. The number of Topliss-reactive ketones (excluding diaryl/α,β-unsaturated/α-hetero) is 2. The van der Waals surface area contributed by atoms with Crippen molar-refractivity contribution in [1.82, 2.24) is 0 Å². The minimum absolute atomic E-state index is 0.154. The number of rotatable bonds is 3. The highest BCUT2D eigenvalue weighted by Crippen LogP contribution is 2.55. The fraction of sp³-hybridized carbons (Fsp3) is 0.400. The van der Waals surface area contributed by atoms with Crippen molar-refractivity contribution < 1.29 is 29.3 Å². The zero-order valence-electron chi connectivity index (χ0n) is 21.0. The van der Waals surface area contributed by atoms with Crippen molar-refractivity contribution >= 4 is 11.6 Å². The zero-order valence-corrected chi connectivity index (χ0v) is 21.0. The van der Waals surface area contributed by atoms with Gasteiger partial charge in [0.2, 0.25) is 11.6 Å². The minimum atomic E-state index is -1.68. The first-order valence-electron chi connectivity index (χ1n) is 12.4. The van der Waals surface area contributed by atoms with Gasteiger partial charge in [-0.25, -0.2) is 0 Å². The molecule has 6 nitrogen and oxygen atoms in total. The highest BCUT2D eigenvalue weighted by atomic mass is 16.7. The molecule has 2 aliphatic carbocycles. The molecule has 2 unspecified atom stereocenters. The minimum Gasteiger partial charge on any atom is -0.358 e. The smallest absolute Gasteiger partial charge is 0.217 e. The molecular formula is C30H30O6. The van der Waals surface area contributed by atoms with Gasteiger partial charge in [0.1, 0.15) is 0 Å². The van der Waals surface area contributed by atoms with Gasteiger partial charge in [0, 0.05) is 57.4 Å². The summed E-state index contributed by atoms with van der Waals surface area (Å²) in [6.45, 7) is 7.58. The van der Waals surface area contributed by atoms with E-state index in [0.29, 0.717) is 57.4 Å². The van der Waals surface area contributed by atoms with Crippen LogP contribution in [0.25, 0.3) is 0 Å². The number of carbonyl (C=O) groups excluding carboxylic acids is 2. The second kappa shape index (κ2) is 7.33. The van der Waals surface area contributed by atoms with Crippen LogP contribution in [0.2, 0.25) is 0 Å². The predicted octanol–water partition coefficient (Wildman–Crippen LogP) is 4.84. The van der Waals surface area contributed by atoms with Crippen molar-refractivity contribution in [2.75, 3.05) is 0 Å². The Balaban J connectivity index is 1.45. The molecule has 2 N–H and O–H groups in total. The van der Waals surface area contributed by atoms with Crippen LogP contribution in [0.1, 0.15) is 85.2 Å². The van der Waals surface area contributed by atoms with E-state index in [1.807, 2.05) is 27.7 Å². The average molecular weight is 487 g/mol. The van der Waals surface area contributed by atoms with Gasteiger partial charge in [-0.05, 0) is 40.5 Å². The number of allylic oxidation sites excluding steroid dienone is 2. The van der Waals surface area contributed by atoms with Crippen LogP contribution >= 0.6 is 0 Å². The lowest BCUT2D eigenvalue weighted by Gasteiger charge is -2.34. The third-order valence-corrected chi connectivity index (χ3v) is 7.85. The molecule has 0 amide bonds. The summed E-state index contributed by atoms with van der Waals surface area (Å²) in [6.07, 6.45) is 1.30. The topological polar surface area (TPSA) is 93.1 Å². The van der Waals surface area contributed by atoms with Crippen molar-refractivity contribution in [3.8, 4) is 0 Å². The fourth-order valence-corrected chi connectivity index (χ4v) is 6.47. The maximum absolute atomic E-state index is 13.7. The third kappa shape index (κ3) is 3.18. The predicted molar refractivity (Wildman–Crippen MR) is 132 cm³/mol. The molecule has 2 fully saturated rings. The van der Waals surface area contributed by atoms with E-state index in [4.69, 9.17) is 9.47 Å². The molecule has 36 heavy (non-hydrogen) atoms. The summed E-state index contributed by atoms with van der Waals surface area (Å²) in [5, 5.41) is 23.4. The number of aliphatic hydroxyl groups is 2. The van der Waals surface area contributed by atoms with E-state index in [1.165, 1.54) is 0 Å². The van der Waals surface area contributed by atoms with Crippen molar-refractivity contribution in [2.45, 2.75) is 76.2 Å². The molecule has 0 bridgehead atoms. The summed E-state index contributed by atoms with van der Waals surface area (Å²) in [5.41, 5.74) is 2.51. The van der Waals surface area contributed by atoms with Crippen molar-refractivity contribution in [1.29, 1.82) is 0 Å². The Hall–Kier alpha value is -2.90. The van der Waals surface area contributed by atoms with Gasteiger partial charge in [0.15, 0.2) is 11.6 Å². The lowest BCUT2D eigenvalue weighted by Crippen LogP contribution is -2.37. The van der Waals surface area contributed by atoms with Gasteiger partial charge < -0.3 is 19.7 Å². The van der Waals surface area contributed by atoms with Crippen molar-refractivity contribution in [3.63, 3.8) is 0 Å². The van der Waals surface area contributed by atoms with Crippen LogP contribution in [0.4, 0.5) is 0 Å². The van der Waals surface area contributed by atoms with Gasteiger partial charge >= 0.3 is 0 Å². The van der Waals surface area contributed by atoms with Crippen LogP contribution in [-0.2, 0) is 21.0 Å². The lowest BCUT2D eigenvalue weighted by molar-refractivity contribution is -0.208. The largest absolute Gasteiger partial charge is 0.358 e. The number of benzene rings is 2. The maximum Gasteiger partial charge on any atom is 0.217 e. The normalized spacial score (nSPS) is 29.7. The summed E-state index contributed by atoms with van der Waals surface area (Å²) < 4.78 is 12.2. The standard InChI is InChI=1S/C30H30O6/c1-27(2)15-23-19(25(31)17-9-5-7-11-21(17)29(23,33)35-27)13-14-20-24-16-28(3,4)36-30(24,34)22-12-8-6-10-18(22)26(20)32/h5-12,33-34H,13-16H2,1-4H3. The molecule has 2 aliphatic heterocycles. The van der Waals surface area contributed by atoms with Crippen molar-refractivity contribution in [3.05, 3.63) is 93.1 Å². The van der Waals surface area contributed by atoms with E-state index in [-0.39, 0.29) is 24.4 Å². The molecule has 186 valence electrons. The van der Waals surface area contributed by atoms with E-state index in [0.717, 1.165) is 0 Å². The molecule has 2 aromatic rings. The number of fused-ring (bicyclic) bond motifs is 6. The van der Waals surface area contributed by atoms with E-state index in [9.17, 15) is 19.8 Å². The first-order valence-corrected chi connectivity index (χ1v) is 12.4. The summed E-state index contributed by atoms with van der Waals surface area (Å²) in [6, 6.07) is 14.0. The second-order valence-electron chi connectivity index (χ2n) is 11.5. The fourth-order valence-electron chi connectivity index (χ4n) is 6.47. The molecule has 2 saturated heterocycles. The summed E-state index contributed by atoms with van der Waals surface area (Å²) >= 11 is 0. The van der Waals surface area contributed by atoms with Crippen LogP contribution in [0, 0.1) is 0 Å². The number of ketones is 2. The SMILES string of the molecule is CC1(C)CC2=C(CCC3=C4CC(C)(C)OC4(O)c4ccccc4C3=O)C(=O)c3ccccc3C2(O)O1. The van der Waals surface area contributed by atoms with Crippen LogP contribution < -0.4 is 0 Å². The Labute approximate surface area is 210 Å². The zero-order chi connectivity index (χ0) is 25.7. The van der Waals surface area contributed by atoms with E-state index in [2.05, 4.69) is 0 Å². The highest BCUT2D eigenvalue weighted by molar-refractivity contribution is 6.14. The molecule has 6 heteroatoms. The van der Waals surface area contributed by atoms with Crippen LogP contribution in [0.3, 0.4) is 0 Å². The molecular weight excluding hydrogens is 456 g/mol. The van der Waals surface area contributed by atoms with E-state index < -0.39 is 22.8 Å². The molecule has 2 heterocycles. The second-order valence-corrected chi connectivity index (χ2v) is 11.5. The van der Waals surface area contributed by atoms with Crippen LogP contribution in [0.15, 0.2) is 70.8 Å². The average Bonchev–Trinajstić information content (AvgIpc) is 3.23. The Bertz CT molecular complexity index is 1300. The van der Waals surface area contributed by atoms with Gasteiger partial charge in [-0.3, -0.25) is 9.59 Å². The van der Waals surface area contributed by atoms with Gasteiger partial charge in [0.05, 0.1) is 11.2 Å². The van der Waals surface area contributed by atoms with E-state index in [1.54, 1.807) is 48.5 Å². The Kier molecular flexibility index (Phi) is 4.78. The maximum atomic E-state index is 13.7.